The summed E-state index contributed by atoms with van der Waals surface area (Å²) in [6.07, 6.45) is 4.19. The van der Waals surface area contributed by atoms with Crippen LogP contribution >= 0.6 is 0 Å². The molecule has 18 heavy (non-hydrogen) atoms. The predicted molar refractivity (Wildman–Crippen MR) is 68.9 cm³/mol. The number of ether oxygens (including phenoxy) is 1. The molecule has 3 heteroatoms. The summed E-state index contributed by atoms with van der Waals surface area (Å²) in [5.74, 6) is -0.0167. The van der Waals surface area contributed by atoms with Gasteiger partial charge < -0.3 is 10.1 Å². The molecule has 1 N–H and O–H groups in total. The molecule has 2 heterocycles. The molecule has 0 unspecified atom stereocenters. The van der Waals surface area contributed by atoms with E-state index in [1.807, 2.05) is 30.3 Å². The van der Waals surface area contributed by atoms with Crippen molar-refractivity contribution in [2.24, 2.45) is 5.41 Å². The Morgan fingerprint density at radius 3 is 2.61 bits per heavy atom. The van der Waals surface area contributed by atoms with Crippen LogP contribution in [-0.2, 0) is 16.1 Å². The lowest BCUT2D eigenvalue weighted by molar-refractivity contribution is -0.162. The van der Waals surface area contributed by atoms with Crippen molar-refractivity contribution in [1.82, 2.24) is 5.32 Å². The van der Waals surface area contributed by atoms with Crippen molar-refractivity contribution in [3.8, 4) is 0 Å². The zero-order valence-corrected chi connectivity index (χ0v) is 10.5. The number of hydrogen-bond donors (Lipinski definition) is 1. The smallest absolute Gasteiger partial charge is 0.313 e. The van der Waals surface area contributed by atoms with E-state index in [9.17, 15) is 4.79 Å². The van der Waals surface area contributed by atoms with E-state index < -0.39 is 0 Å². The molecule has 0 radical (unpaired) electrons. The second-order valence-corrected chi connectivity index (χ2v) is 5.50. The van der Waals surface area contributed by atoms with E-state index in [2.05, 4.69) is 5.32 Å². The van der Waals surface area contributed by atoms with Crippen molar-refractivity contribution >= 4 is 5.97 Å². The first-order chi connectivity index (χ1) is 8.78. The molecule has 1 aliphatic carbocycles. The summed E-state index contributed by atoms with van der Waals surface area (Å²) in [6, 6.07) is 10.5. The lowest BCUT2D eigenvalue weighted by Crippen LogP contribution is -2.55. The van der Waals surface area contributed by atoms with Gasteiger partial charge in [0, 0.05) is 12.6 Å². The van der Waals surface area contributed by atoms with Crippen molar-refractivity contribution < 1.29 is 9.53 Å². The largest absolute Gasteiger partial charge is 0.460 e. The van der Waals surface area contributed by atoms with Gasteiger partial charge in [-0.3, -0.25) is 4.79 Å². The van der Waals surface area contributed by atoms with Crippen LogP contribution in [0.25, 0.3) is 0 Å². The minimum Gasteiger partial charge on any atom is -0.460 e. The monoisotopic (exact) mass is 245 g/mol. The zero-order chi connectivity index (χ0) is 12.4. The normalized spacial score (nSPS) is 30.1. The van der Waals surface area contributed by atoms with Gasteiger partial charge in [-0.25, -0.2) is 0 Å². The number of fused-ring (bicyclic) bond motifs is 3. The number of esters is 1. The molecule has 0 aromatic heterocycles. The van der Waals surface area contributed by atoms with Crippen molar-refractivity contribution in [3.63, 3.8) is 0 Å². The molecule has 2 bridgehead atoms. The third-order valence-corrected chi connectivity index (χ3v) is 4.32. The summed E-state index contributed by atoms with van der Waals surface area (Å²) in [7, 11) is 0. The van der Waals surface area contributed by atoms with Crippen LogP contribution in [0.1, 0.15) is 31.2 Å². The lowest BCUT2D eigenvalue weighted by atomic mass is 9.69. The second kappa shape index (κ2) is 4.73. The zero-order valence-electron chi connectivity index (χ0n) is 10.5. The Bertz CT molecular complexity index is 408. The van der Waals surface area contributed by atoms with Gasteiger partial charge in [0.1, 0.15) is 6.61 Å². The Morgan fingerprint density at radius 1 is 1.28 bits per heavy atom. The number of piperidine rings is 2. The number of rotatable bonds is 3. The molecular formula is C15H19NO2. The topological polar surface area (TPSA) is 38.3 Å². The molecule has 0 atom stereocenters. The molecule has 2 saturated heterocycles. The standard InChI is InChI=1S/C15H19NO2/c17-14(18-10-12-4-2-1-3-5-12)15-8-6-13(7-9-15)16-11-15/h1-5,13,16H,6-11H2. The summed E-state index contributed by atoms with van der Waals surface area (Å²) in [6.45, 7) is 1.19. The van der Waals surface area contributed by atoms with Gasteiger partial charge in [-0.05, 0) is 31.2 Å². The Hall–Kier alpha value is -1.35. The highest BCUT2D eigenvalue weighted by molar-refractivity contribution is 5.77. The van der Waals surface area contributed by atoms with Crippen molar-refractivity contribution in [1.29, 1.82) is 0 Å². The first kappa shape index (κ1) is 11.7. The van der Waals surface area contributed by atoms with E-state index in [1.54, 1.807) is 0 Å². The highest BCUT2D eigenvalue weighted by Gasteiger charge is 2.46. The summed E-state index contributed by atoms with van der Waals surface area (Å²) in [4.78, 5) is 12.3. The van der Waals surface area contributed by atoms with Crippen LogP contribution in [0, 0.1) is 5.41 Å². The van der Waals surface area contributed by atoms with Crippen LogP contribution in [0.4, 0.5) is 0 Å². The molecule has 4 rings (SSSR count). The van der Waals surface area contributed by atoms with E-state index in [4.69, 9.17) is 4.74 Å². The Kier molecular flexibility index (Phi) is 3.08. The maximum atomic E-state index is 12.3. The van der Waals surface area contributed by atoms with Crippen molar-refractivity contribution in [2.75, 3.05) is 6.54 Å². The fourth-order valence-electron chi connectivity index (χ4n) is 3.04. The molecule has 96 valence electrons. The molecule has 2 aliphatic heterocycles. The minimum absolute atomic E-state index is 0.0167. The van der Waals surface area contributed by atoms with E-state index in [-0.39, 0.29) is 11.4 Å². The van der Waals surface area contributed by atoms with E-state index in [0.717, 1.165) is 37.8 Å². The van der Waals surface area contributed by atoms with Gasteiger partial charge in [0.25, 0.3) is 0 Å². The Morgan fingerprint density at radius 2 is 2.00 bits per heavy atom. The molecular weight excluding hydrogens is 226 g/mol. The van der Waals surface area contributed by atoms with Crippen LogP contribution in [0.5, 0.6) is 0 Å². The lowest BCUT2D eigenvalue weighted by Gasteiger charge is -2.45. The van der Waals surface area contributed by atoms with Crippen molar-refractivity contribution in [2.45, 2.75) is 38.3 Å². The third kappa shape index (κ3) is 2.15. The maximum absolute atomic E-state index is 12.3. The van der Waals surface area contributed by atoms with Crippen LogP contribution in [0.2, 0.25) is 0 Å². The van der Waals surface area contributed by atoms with Crippen LogP contribution < -0.4 is 5.32 Å². The number of hydrogen-bond acceptors (Lipinski definition) is 3. The second-order valence-electron chi connectivity index (χ2n) is 5.50. The Labute approximate surface area is 108 Å². The summed E-state index contributed by atoms with van der Waals surface area (Å²) in [5.41, 5.74) is 0.809. The van der Waals surface area contributed by atoms with E-state index >= 15 is 0 Å². The van der Waals surface area contributed by atoms with Crippen LogP contribution in [-0.4, -0.2) is 18.6 Å². The first-order valence-electron chi connectivity index (χ1n) is 6.73. The molecule has 1 aromatic carbocycles. The fraction of sp³-hybridized carbons (Fsp3) is 0.533. The number of carbonyl (C=O) groups is 1. The quantitative estimate of drug-likeness (QED) is 0.830. The van der Waals surface area contributed by atoms with E-state index in [1.165, 1.54) is 0 Å². The number of carbonyl (C=O) groups excluding carboxylic acids is 1. The van der Waals surface area contributed by atoms with Gasteiger partial charge in [-0.15, -0.1) is 0 Å². The highest BCUT2D eigenvalue weighted by atomic mass is 16.5. The fourth-order valence-corrected chi connectivity index (χ4v) is 3.04. The molecule has 0 spiro atoms. The predicted octanol–water partition coefficient (Wildman–Crippen LogP) is 2.26. The van der Waals surface area contributed by atoms with Gasteiger partial charge in [-0.2, -0.15) is 0 Å². The Balaban J connectivity index is 1.61. The number of nitrogens with one attached hydrogen (secondary N) is 1. The maximum Gasteiger partial charge on any atom is 0.313 e. The van der Waals surface area contributed by atoms with Crippen LogP contribution in [0.3, 0.4) is 0 Å². The van der Waals surface area contributed by atoms with Crippen molar-refractivity contribution in [3.05, 3.63) is 35.9 Å². The molecule has 3 nitrogen and oxygen atoms in total. The molecule has 1 aromatic rings. The third-order valence-electron chi connectivity index (χ3n) is 4.32. The van der Waals surface area contributed by atoms with Gasteiger partial charge >= 0.3 is 5.97 Å². The van der Waals surface area contributed by atoms with Gasteiger partial charge in [-0.1, -0.05) is 30.3 Å². The SMILES string of the molecule is O=C(OCc1ccccc1)C12CCC(CC1)NC2. The highest BCUT2D eigenvalue weighted by Crippen LogP contribution is 2.41. The van der Waals surface area contributed by atoms with Crippen LogP contribution in [0.15, 0.2) is 30.3 Å². The number of benzene rings is 1. The van der Waals surface area contributed by atoms with E-state index in [0.29, 0.717) is 12.6 Å². The van der Waals surface area contributed by atoms with Gasteiger partial charge in [0.15, 0.2) is 0 Å². The molecule has 1 saturated carbocycles. The molecule has 3 aliphatic rings. The van der Waals surface area contributed by atoms with Gasteiger partial charge in [0.05, 0.1) is 5.41 Å². The summed E-state index contributed by atoms with van der Waals surface area (Å²) >= 11 is 0. The molecule has 0 amide bonds. The summed E-state index contributed by atoms with van der Waals surface area (Å²) in [5, 5.41) is 3.44. The minimum atomic E-state index is -0.246. The molecule has 3 fully saturated rings. The first-order valence-corrected chi connectivity index (χ1v) is 6.73. The summed E-state index contributed by atoms with van der Waals surface area (Å²) < 4.78 is 5.51. The van der Waals surface area contributed by atoms with Gasteiger partial charge in [0.2, 0.25) is 0 Å². The average Bonchev–Trinajstić information content (AvgIpc) is 2.48. The average molecular weight is 245 g/mol.